The minimum atomic E-state index is -0.524. The first-order valence-electron chi connectivity index (χ1n) is 3.60. The molecule has 0 aromatic heterocycles. The van der Waals surface area contributed by atoms with Crippen molar-refractivity contribution in [2.75, 3.05) is 6.61 Å². The zero-order chi connectivity index (χ0) is 7.40. The highest BCUT2D eigenvalue weighted by atomic mass is 16.5. The predicted molar refractivity (Wildman–Crippen MR) is 38.4 cm³/mol. The number of rotatable bonds is 0. The van der Waals surface area contributed by atoms with E-state index in [0.717, 1.165) is 19.4 Å². The van der Waals surface area contributed by atoms with Gasteiger partial charge in [-0.05, 0) is 19.8 Å². The van der Waals surface area contributed by atoms with Crippen LogP contribution in [0.25, 0.3) is 0 Å². The molecular formula is C8H12O2. The Morgan fingerprint density at radius 3 is 3.00 bits per heavy atom. The first kappa shape index (κ1) is 7.59. The van der Waals surface area contributed by atoms with Crippen LogP contribution in [0.4, 0.5) is 0 Å². The van der Waals surface area contributed by atoms with Crippen LogP contribution in [-0.4, -0.2) is 23.9 Å². The first-order valence-corrected chi connectivity index (χ1v) is 3.60. The summed E-state index contributed by atoms with van der Waals surface area (Å²) in [6.07, 6.45) is 1.66. The van der Waals surface area contributed by atoms with Crippen LogP contribution in [0.2, 0.25) is 0 Å². The lowest BCUT2D eigenvalue weighted by Crippen LogP contribution is -2.02. The normalized spacial score (nSPS) is 27.2. The van der Waals surface area contributed by atoms with Crippen molar-refractivity contribution in [2.45, 2.75) is 32.0 Å². The average molecular weight is 140 g/mol. The third-order valence-corrected chi connectivity index (χ3v) is 1.38. The standard InChI is InChI=1S/C8H12O2/c1-7(9)4-5-8-3-2-6-10-8/h7-9H,2-3,6H2,1H3/t7-,8-/m1/s1. The molecule has 0 saturated carbocycles. The molecule has 2 heteroatoms. The molecule has 2 nitrogen and oxygen atoms in total. The molecule has 0 amide bonds. The fraction of sp³-hybridized carbons (Fsp3) is 0.750. The number of ether oxygens (including phenoxy) is 1. The Kier molecular flexibility index (Phi) is 2.73. The fourth-order valence-corrected chi connectivity index (χ4v) is 0.905. The Hall–Kier alpha value is -0.520. The molecule has 10 heavy (non-hydrogen) atoms. The van der Waals surface area contributed by atoms with Crippen LogP contribution in [0.15, 0.2) is 0 Å². The second kappa shape index (κ2) is 3.60. The van der Waals surface area contributed by atoms with Gasteiger partial charge in [-0.3, -0.25) is 0 Å². The first-order chi connectivity index (χ1) is 4.79. The van der Waals surface area contributed by atoms with E-state index in [1.54, 1.807) is 6.92 Å². The maximum Gasteiger partial charge on any atom is 0.118 e. The molecule has 0 aromatic carbocycles. The molecule has 56 valence electrons. The fourth-order valence-electron chi connectivity index (χ4n) is 0.905. The summed E-state index contributed by atoms with van der Waals surface area (Å²) in [7, 11) is 0. The van der Waals surface area contributed by atoms with Crippen LogP contribution in [0.1, 0.15) is 19.8 Å². The molecule has 0 radical (unpaired) electrons. The molecule has 0 bridgehead atoms. The highest BCUT2D eigenvalue weighted by molar-refractivity contribution is 5.09. The molecule has 1 N–H and O–H groups in total. The Morgan fingerprint density at radius 1 is 1.70 bits per heavy atom. The molecule has 0 aliphatic carbocycles. The van der Waals surface area contributed by atoms with E-state index >= 15 is 0 Å². The highest BCUT2D eigenvalue weighted by Crippen LogP contribution is 2.10. The summed E-state index contributed by atoms with van der Waals surface area (Å²) in [5.74, 6) is 5.53. The van der Waals surface area contributed by atoms with Gasteiger partial charge in [0.05, 0.1) is 0 Å². The molecule has 0 unspecified atom stereocenters. The average Bonchev–Trinajstić information content (AvgIpc) is 2.34. The van der Waals surface area contributed by atoms with E-state index in [-0.39, 0.29) is 6.10 Å². The quantitative estimate of drug-likeness (QED) is 0.498. The maximum atomic E-state index is 8.78. The van der Waals surface area contributed by atoms with Gasteiger partial charge >= 0.3 is 0 Å². The second-order valence-corrected chi connectivity index (χ2v) is 2.47. The van der Waals surface area contributed by atoms with Gasteiger partial charge in [0.2, 0.25) is 0 Å². The lowest BCUT2D eigenvalue weighted by Gasteiger charge is -1.97. The monoisotopic (exact) mass is 140 g/mol. The van der Waals surface area contributed by atoms with E-state index in [1.165, 1.54) is 0 Å². The zero-order valence-electron chi connectivity index (χ0n) is 6.13. The van der Waals surface area contributed by atoms with E-state index in [1.807, 2.05) is 0 Å². The van der Waals surface area contributed by atoms with Crippen LogP contribution < -0.4 is 0 Å². The van der Waals surface area contributed by atoms with Crippen molar-refractivity contribution in [2.24, 2.45) is 0 Å². The van der Waals surface area contributed by atoms with Crippen molar-refractivity contribution in [1.29, 1.82) is 0 Å². The third kappa shape index (κ3) is 2.38. The van der Waals surface area contributed by atoms with Crippen molar-refractivity contribution in [1.82, 2.24) is 0 Å². The Bertz CT molecular complexity index is 146. The van der Waals surface area contributed by atoms with Crippen molar-refractivity contribution >= 4 is 0 Å². The summed E-state index contributed by atoms with van der Waals surface area (Å²) in [5, 5.41) is 8.78. The number of aliphatic hydroxyl groups is 1. The SMILES string of the molecule is C[C@@H](O)C#C[C@H]1CCCO1. The molecule has 1 fully saturated rings. The lowest BCUT2D eigenvalue weighted by molar-refractivity contribution is 0.151. The number of hydrogen-bond acceptors (Lipinski definition) is 2. The summed E-state index contributed by atoms with van der Waals surface area (Å²) in [4.78, 5) is 0. The summed E-state index contributed by atoms with van der Waals surface area (Å²) >= 11 is 0. The van der Waals surface area contributed by atoms with E-state index in [9.17, 15) is 0 Å². The summed E-state index contributed by atoms with van der Waals surface area (Å²) in [6.45, 7) is 2.47. The zero-order valence-corrected chi connectivity index (χ0v) is 6.13. The minimum absolute atomic E-state index is 0.0783. The topological polar surface area (TPSA) is 29.5 Å². The van der Waals surface area contributed by atoms with Gasteiger partial charge in [-0.2, -0.15) is 0 Å². The van der Waals surface area contributed by atoms with Gasteiger partial charge in [-0.15, -0.1) is 0 Å². The van der Waals surface area contributed by atoms with Crippen molar-refractivity contribution in [3.05, 3.63) is 0 Å². The lowest BCUT2D eigenvalue weighted by atomic mass is 10.2. The van der Waals surface area contributed by atoms with Gasteiger partial charge in [0, 0.05) is 6.61 Å². The van der Waals surface area contributed by atoms with Gasteiger partial charge in [-0.25, -0.2) is 0 Å². The van der Waals surface area contributed by atoms with Crippen molar-refractivity contribution < 1.29 is 9.84 Å². The highest BCUT2D eigenvalue weighted by Gasteiger charge is 2.11. The van der Waals surface area contributed by atoms with Crippen molar-refractivity contribution in [3.63, 3.8) is 0 Å². The van der Waals surface area contributed by atoms with Gasteiger partial charge in [0.25, 0.3) is 0 Å². The number of hydrogen-bond donors (Lipinski definition) is 1. The largest absolute Gasteiger partial charge is 0.381 e. The summed E-state index contributed by atoms with van der Waals surface area (Å²) in [6, 6.07) is 0. The molecule has 1 rings (SSSR count). The third-order valence-electron chi connectivity index (χ3n) is 1.38. The minimum Gasteiger partial charge on any atom is -0.381 e. The molecule has 2 atom stereocenters. The molecule has 1 saturated heterocycles. The summed E-state index contributed by atoms with van der Waals surface area (Å²) in [5.41, 5.74) is 0. The Balaban J connectivity index is 2.31. The van der Waals surface area contributed by atoms with Crippen LogP contribution >= 0.6 is 0 Å². The Labute approximate surface area is 61.2 Å². The van der Waals surface area contributed by atoms with Gasteiger partial charge in [0.15, 0.2) is 0 Å². The molecular weight excluding hydrogens is 128 g/mol. The maximum absolute atomic E-state index is 8.78. The molecule has 1 heterocycles. The molecule has 1 aliphatic rings. The van der Waals surface area contributed by atoms with E-state index < -0.39 is 6.10 Å². The predicted octanol–water partition coefficient (Wildman–Crippen LogP) is 0.550. The van der Waals surface area contributed by atoms with Gasteiger partial charge in [-0.1, -0.05) is 11.8 Å². The van der Waals surface area contributed by atoms with Gasteiger partial charge in [0.1, 0.15) is 12.2 Å². The molecule has 0 spiro atoms. The van der Waals surface area contributed by atoms with E-state index in [2.05, 4.69) is 11.8 Å². The van der Waals surface area contributed by atoms with Crippen molar-refractivity contribution in [3.8, 4) is 11.8 Å². The second-order valence-electron chi connectivity index (χ2n) is 2.47. The number of aliphatic hydroxyl groups excluding tert-OH is 1. The Morgan fingerprint density at radius 2 is 2.50 bits per heavy atom. The van der Waals surface area contributed by atoms with E-state index in [4.69, 9.17) is 9.84 Å². The van der Waals surface area contributed by atoms with Crippen LogP contribution in [0, 0.1) is 11.8 Å². The van der Waals surface area contributed by atoms with Crippen LogP contribution in [0.5, 0.6) is 0 Å². The van der Waals surface area contributed by atoms with E-state index in [0.29, 0.717) is 0 Å². The van der Waals surface area contributed by atoms with Crippen LogP contribution in [0.3, 0.4) is 0 Å². The van der Waals surface area contributed by atoms with Gasteiger partial charge < -0.3 is 9.84 Å². The summed E-state index contributed by atoms with van der Waals surface area (Å²) < 4.78 is 5.22. The molecule has 0 aromatic rings. The smallest absolute Gasteiger partial charge is 0.118 e. The van der Waals surface area contributed by atoms with Crippen LogP contribution in [-0.2, 0) is 4.74 Å². The molecule has 1 aliphatic heterocycles.